The highest BCUT2D eigenvalue weighted by Crippen LogP contribution is 2.19. The van der Waals surface area contributed by atoms with E-state index < -0.39 is 17.6 Å². The summed E-state index contributed by atoms with van der Waals surface area (Å²) in [6.07, 6.45) is 0. The average Bonchev–Trinajstić information content (AvgIpc) is 2.17. The lowest BCUT2D eigenvalue weighted by Gasteiger charge is -2.07. The summed E-state index contributed by atoms with van der Waals surface area (Å²) in [6, 6.07) is 1.60. The summed E-state index contributed by atoms with van der Waals surface area (Å²) in [5, 5.41) is 0. The third kappa shape index (κ3) is 2.65. The number of carbonyl (C=O) groups is 1. The van der Waals surface area contributed by atoms with Crippen LogP contribution in [-0.4, -0.2) is 12.6 Å². The Hall–Kier alpha value is -1.16. The van der Waals surface area contributed by atoms with Gasteiger partial charge in [-0.1, -0.05) is 0 Å². The minimum Gasteiger partial charge on any atom is -0.462 e. The van der Waals surface area contributed by atoms with Crippen molar-refractivity contribution in [3.8, 4) is 0 Å². The SMILES string of the molecule is CCOC(=O)c1cc(F)cc(F)c1CCl. The van der Waals surface area contributed by atoms with Gasteiger partial charge in [0.1, 0.15) is 11.6 Å². The highest BCUT2D eigenvalue weighted by molar-refractivity contribution is 6.17. The van der Waals surface area contributed by atoms with Gasteiger partial charge in [0, 0.05) is 11.6 Å². The highest BCUT2D eigenvalue weighted by Gasteiger charge is 2.17. The fourth-order valence-corrected chi connectivity index (χ4v) is 1.40. The Kier molecular flexibility index (Phi) is 4.03. The molecule has 0 spiro atoms. The topological polar surface area (TPSA) is 26.3 Å². The molecule has 1 aromatic carbocycles. The van der Waals surface area contributed by atoms with E-state index in [2.05, 4.69) is 4.74 Å². The fraction of sp³-hybridized carbons (Fsp3) is 0.300. The van der Waals surface area contributed by atoms with Crippen molar-refractivity contribution in [1.29, 1.82) is 0 Å². The van der Waals surface area contributed by atoms with E-state index in [4.69, 9.17) is 11.6 Å². The van der Waals surface area contributed by atoms with Crippen LogP contribution in [0.25, 0.3) is 0 Å². The van der Waals surface area contributed by atoms with Gasteiger partial charge in [0.2, 0.25) is 0 Å². The number of hydrogen-bond donors (Lipinski definition) is 0. The fourth-order valence-electron chi connectivity index (χ4n) is 1.13. The summed E-state index contributed by atoms with van der Waals surface area (Å²) in [7, 11) is 0. The first-order valence-electron chi connectivity index (χ1n) is 4.31. The number of alkyl halides is 1. The highest BCUT2D eigenvalue weighted by atomic mass is 35.5. The van der Waals surface area contributed by atoms with Crippen molar-refractivity contribution in [2.75, 3.05) is 6.61 Å². The Morgan fingerprint density at radius 1 is 1.47 bits per heavy atom. The summed E-state index contributed by atoms with van der Waals surface area (Å²) in [4.78, 5) is 11.3. The summed E-state index contributed by atoms with van der Waals surface area (Å²) in [5.74, 6) is -2.65. The quantitative estimate of drug-likeness (QED) is 0.594. The molecule has 0 atom stereocenters. The molecule has 0 aliphatic carbocycles. The van der Waals surface area contributed by atoms with Gasteiger partial charge in [-0.2, -0.15) is 0 Å². The van der Waals surface area contributed by atoms with Gasteiger partial charge >= 0.3 is 5.97 Å². The van der Waals surface area contributed by atoms with E-state index in [9.17, 15) is 13.6 Å². The number of halogens is 3. The number of carbonyl (C=O) groups excluding carboxylic acids is 1. The van der Waals surface area contributed by atoms with Crippen molar-refractivity contribution in [3.05, 3.63) is 34.9 Å². The number of benzene rings is 1. The summed E-state index contributed by atoms with van der Waals surface area (Å²) in [6.45, 7) is 1.74. The van der Waals surface area contributed by atoms with E-state index in [0.29, 0.717) is 6.07 Å². The summed E-state index contributed by atoms with van der Waals surface area (Å²) < 4.78 is 30.7. The molecular weight excluding hydrogens is 226 g/mol. The van der Waals surface area contributed by atoms with E-state index in [1.807, 2.05) is 0 Å². The molecule has 82 valence electrons. The second kappa shape index (κ2) is 5.07. The standard InChI is InChI=1S/C10H9ClF2O2/c1-2-15-10(14)7-3-6(12)4-9(13)8(7)5-11/h3-4H,2,5H2,1H3. The largest absolute Gasteiger partial charge is 0.462 e. The molecule has 0 bridgehead atoms. The van der Waals surface area contributed by atoms with E-state index in [1.165, 1.54) is 0 Å². The minimum absolute atomic E-state index is 0.0449. The molecule has 0 aliphatic heterocycles. The van der Waals surface area contributed by atoms with Crippen LogP contribution in [0.1, 0.15) is 22.8 Å². The predicted octanol–water partition coefficient (Wildman–Crippen LogP) is 2.88. The van der Waals surface area contributed by atoms with E-state index >= 15 is 0 Å². The first-order valence-corrected chi connectivity index (χ1v) is 4.84. The van der Waals surface area contributed by atoms with Gasteiger partial charge in [-0.15, -0.1) is 11.6 Å². The Labute approximate surface area is 90.8 Å². The number of ether oxygens (including phenoxy) is 1. The molecule has 0 radical (unpaired) electrons. The summed E-state index contributed by atoms with van der Waals surface area (Å²) in [5.41, 5.74) is -0.208. The van der Waals surface area contributed by atoms with Crippen LogP contribution in [0.5, 0.6) is 0 Å². The number of hydrogen-bond acceptors (Lipinski definition) is 2. The molecule has 0 N–H and O–H groups in total. The maximum atomic E-state index is 13.2. The van der Waals surface area contributed by atoms with Crippen LogP contribution in [-0.2, 0) is 10.6 Å². The second-order valence-electron chi connectivity index (χ2n) is 2.77. The van der Waals surface area contributed by atoms with Gasteiger partial charge in [-0.3, -0.25) is 0 Å². The minimum atomic E-state index is -0.840. The molecule has 0 fully saturated rings. The van der Waals surface area contributed by atoms with Crippen LogP contribution < -0.4 is 0 Å². The lowest BCUT2D eigenvalue weighted by molar-refractivity contribution is 0.0524. The number of esters is 1. The summed E-state index contributed by atoms with van der Waals surface area (Å²) >= 11 is 5.46. The van der Waals surface area contributed by atoms with Gasteiger partial charge in [0.15, 0.2) is 0 Å². The molecule has 15 heavy (non-hydrogen) atoms. The van der Waals surface area contributed by atoms with Crippen LogP contribution in [0.15, 0.2) is 12.1 Å². The van der Waals surface area contributed by atoms with Crippen molar-refractivity contribution in [1.82, 2.24) is 0 Å². The molecule has 5 heteroatoms. The van der Waals surface area contributed by atoms with Crippen LogP contribution in [0.4, 0.5) is 8.78 Å². The third-order valence-electron chi connectivity index (χ3n) is 1.79. The molecular formula is C10H9ClF2O2. The zero-order chi connectivity index (χ0) is 11.4. The van der Waals surface area contributed by atoms with Crippen molar-refractivity contribution in [2.45, 2.75) is 12.8 Å². The molecule has 2 nitrogen and oxygen atoms in total. The molecule has 1 aromatic rings. The van der Waals surface area contributed by atoms with Crippen molar-refractivity contribution in [2.24, 2.45) is 0 Å². The van der Waals surface area contributed by atoms with Crippen LogP contribution in [0.2, 0.25) is 0 Å². The zero-order valence-corrected chi connectivity index (χ0v) is 8.78. The maximum Gasteiger partial charge on any atom is 0.338 e. The first kappa shape index (κ1) is 11.9. The molecule has 0 amide bonds. The Balaban J connectivity index is 3.20. The zero-order valence-electron chi connectivity index (χ0n) is 8.02. The van der Waals surface area contributed by atoms with Gasteiger partial charge in [-0.25, -0.2) is 13.6 Å². The van der Waals surface area contributed by atoms with Crippen molar-refractivity contribution >= 4 is 17.6 Å². The molecule has 0 saturated carbocycles. The maximum absolute atomic E-state index is 13.2. The van der Waals surface area contributed by atoms with Gasteiger partial charge in [0.25, 0.3) is 0 Å². The smallest absolute Gasteiger partial charge is 0.338 e. The Bertz CT molecular complexity index is 380. The lowest BCUT2D eigenvalue weighted by atomic mass is 10.1. The normalized spacial score (nSPS) is 10.1. The average molecular weight is 235 g/mol. The molecule has 1 rings (SSSR count). The van der Waals surface area contributed by atoms with Crippen molar-refractivity contribution < 1.29 is 18.3 Å². The van der Waals surface area contributed by atoms with Gasteiger partial charge in [-0.05, 0) is 13.0 Å². The Morgan fingerprint density at radius 3 is 2.67 bits per heavy atom. The second-order valence-corrected chi connectivity index (χ2v) is 3.04. The number of rotatable bonds is 3. The molecule has 0 heterocycles. The van der Waals surface area contributed by atoms with Crippen molar-refractivity contribution in [3.63, 3.8) is 0 Å². The molecule has 0 aromatic heterocycles. The monoisotopic (exact) mass is 234 g/mol. The van der Waals surface area contributed by atoms with E-state index in [-0.39, 0.29) is 23.6 Å². The third-order valence-corrected chi connectivity index (χ3v) is 2.06. The van der Waals surface area contributed by atoms with Crippen LogP contribution in [0.3, 0.4) is 0 Å². The van der Waals surface area contributed by atoms with Crippen LogP contribution >= 0.6 is 11.6 Å². The molecule has 0 aliphatic rings. The predicted molar refractivity (Wildman–Crippen MR) is 51.9 cm³/mol. The van der Waals surface area contributed by atoms with Gasteiger partial charge < -0.3 is 4.74 Å². The Morgan fingerprint density at radius 2 is 2.13 bits per heavy atom. The van der Waals surface area contributed by atoms with E-state index in [1.54, 1.807) is 6.92 Å². The molecule has 0 saturated heterocycles. The van der Waals surface area contributed by atoms with Crippen LogP contribution in [0, 0.1) is 11.6 Å². The van der Waals surface area contributed by atoms with E-state index in [0.717, 1.165) is 6.07 Å². The lowest BCUT2D eigenvalue weighted by Crippen LogP contribution is -2.09. The van der Waals surface area contributed by atoms with Gasteiger partial charge in [0.05, 0.1) is 18.1 Å². The molecule has 0 unspecified atom stereocenters. The first-order chi connectivity index (χ1) is 7.10.